The largest absolute Gasteiger partial charge is 0.461 e. The second kappa shape index (κ2) is 12.9. The average Bonchev–Trinajstić information content (AvgIpc) is 3.35. The Morgan fingerprint density at radius 2 is 1.71 bits per heavy atom. The van der Waals surface area contributed by atoms with Crippen molar-refractivity contribution < 1.29 is 18.7 Å². The molecule has 3 rings (SSSR count). The van der Waals surface area contributed by atoms with Crippen molar-refractivity contribution in [2.45, 2.75) is 46.5 Å². The smallest absolute Gasteiger partial charge is 0.338 e. The molecule has 7 heteroatoms. The van der Waals surface area contributed by atoms with Gasteiger partial charge in [0.15, 0.2) is 11.7 Å². The Kier molecular flexibility index (Phi) is 9.61. The molecule has 1 N–H and O–H groups in total. The van der Waals surface area contributed by atoms with E-state index in [9.17, 15) is 9.59 Å². The zero-order chi connectivity index (χ0) is 25.2. The molecule has 0 spiro atoms. The van der Waals surface area contributed by atoms with Crippen molar-refractivity contribution in [2.24, 2.45) is 0 Å². The van der Waals surface area contributed by atoms with E-state index in [0.717, 1.165) is 18.7 Å². The van der Waals surface area contributed by atoms with Crippen molar-refractivity contribution in [3.63, 3.8) is 0 Å². The summed E-state index contributed by atoms with van der Waals surface area (Å²) < 4.78 is 11.2. The van der Waals surface area contributed by atoms with Gasteiger partial charge in [-0.2, -0.15) is 0 Å². The molecule has 0 radical (unpaired) electrons. The summed E-state index contributed by atoms with van der Waals surface area (Å²) in [6.45, 7) is 11.4. The molecule has 0 atom stereocenters. The van der Waals surface area contributed by atoms with Gasteiger partial charge >= 0.3 is 5.97 Å². The molecule has 0 fully saturated rings. The fourth-order valence-corrected chi connectivity index (χ4v) is 3.62. The van der Waals surface area contributed by atoms with Crippen molar-refractivity contribution >= 4 is 17.6 Å². The van der Waals surface area contributed by atoms with Crippen molar-refractivity contribution in [3.8, 4) is 11.3 Å². The molecule has 186 valence electrons. The van der Waals surface area contributed by atoms with Crippen LogP contribution >= 0.6 is 0 Å². The zero-order valence-corrected chi connectivity index (χ0v) is 21.0. The number of rotatable bonds is 12. The van der Waals surface area contributed by atoms with Gasteiger partial charge in [0, 0.05) is 30.6 Å². The van der Waals surface area contributed by atoms with E-state index in [1.165, 1.54) is 5.56 Å². The Hall–Kier alpha value is -3.45. The number of amides is 1. The highest BCUT2D eigenvalue weighted by Crippen LogP contribution is 2.24. The fraction of sp³-hybridized carbons (Fsp3) is 0.393. The van der Waals surface area contributed by atoms with E-state index in [1.54, 1.807) is 30.5 Å². The molecular weight excluding hydrogens is 442 g/mol. The van der Waals surface area contributed by atoms with Crippen LogP contribution in [0.25, 0.3) is 11.3 Å². The lowest BCUT2D eigenvalue weighted by Gasteiger charge is -2.17. The van der Waals surface area contributed by atoms with E-state index in [4.69, 9.17) is 9.15 Å². The summed E-state index contributed by atoms with van der Waals surface area (Å²) in [5.41, 5.74) is 3.30. The molecule has 1 heterocycles. The molecule has 0 aliphatic rings. The molecule has 0 unspecified atom stereocenters. The second-order valence-electron chi connectivity index (χ2n) is 8.68. The number of carbonyl (C=O) groups is 2. The van der Waals surface area contributed by atoms with Gasteiger partial charge in [0.2, 0.25) is 5.91 Å². The maximum Gasteiger partial charge on any atom is 0.338 e. The molecule has 0 aliphatic carbocycles. The molecule has 7 nitrogen and oxygen atoms in total. The number of aromatic nitrogens is 1. The number of aryl methyl sites for hydroxylation is 1. The van der Waals surface area contributed by atoms with Crippen molar-refractivity contribution in [2.75, 3.05) is 31.6 Å². The number of ether oxygens (including phenoxy) is 1. The number of nitrogens with one attached hydrogen (secondary N) is 1. The topological polar surface area (TPSA) is 84.7 Å². The van der Waals surface area contributed by atoms with Crippen LogP contribution in [0, 0.1) is 0 Å². The summed E-state index contributed by atoms with van der Waals surface area (Å²) in [4.78, 5) is 31.1. The minimum Gasteiger partial charge on any atom is -0.461 e. The molecule has 2 aromatic carbocycles. The van der Waals surface area contributed by atoms with Crippen molar-refractivity contribution in [1.29, 1.82) is 0 Å². The Labute approximate surface area is 207 Å². The molecule has 1 amide bonds. The lowest BCUT2D eigenvalue weighted by Crippen LogP contribution is -2.27. The Morgan fingerprint density at radius 1 is 1.03 bits per heavy atom. The first-order valence-electron chi connectivity index (χ1n) is 12.2. The van der Waals surface area contributed by atoms with E-state index in [1.807, 2.05) is 12.1 Å². The molecular formula is C28H35N3O4. The van der Waals surface area contributed by atoms with E-state index < -0.39 is 0 Å². The highest BCUT2D eigenvalue weighted by atomic mass is 16.5. The summed E-state index contributed by atoms with van der Waals surface area (Å²) in [6, 6.07) is 14.9. The molecule has 1 aromatic heterocycles. The molecule has 0 aliphatic heterocycles. The minimum atomic E-state index is -0.367. The number of esters is 1. The third kappa shape index (κ3) is 7.79. The molecule has 3 aromatic rings. The van der Waals surface area contributed by atoms with Gasteiger partial charge in [-0.15, -0.1) is 0 Å². The average molecular weight is 478 g/mol. The van der Waals surface area contributed by atoms with Crippen LogP contribution in [0.5, 0.6) is 0 Å². The van der Waals surface area contributed by atoms with Crippen LogP contribution in [0.1, 0.15) is 61.8 Å². The minimum absolute atomic E-state index is 0.152. The van der Waals surface area contributed by atoms with Gasteiger partial charge in [-0.05, 0) is 48.8 Å². The zero-order valence-electron chi connectivity index (χ0n) is 21.0. The molecule has 0 saturated heterocycles. The van der Waals surface area contributed by atoms with E-state index in [2.05, 4.69) is 55.0 Å². The Morgan fingerprint density at radius 3 is 2.34 bits per heavy atom. The number of hydrogen-bond donors (Lipinski definition) is 1. The molecule has 0 bridgehead atoms. The predicted octanol–water partition coefficient (Wildman–Crippen LogP) is 5.53. The monoisotopic (exact) mass is 477 g/mol. The third-order valence-electron chi connectivity index (χ3n) is 5.92. The van der Waals surface area contributed by atoms with Gasteiger partial charge in [-0.3, -0.25) is 4.79 Å². The Balaban J connectivity index is 1.45. The second-order valence-corrected chi connectivity index (χ2v) is 8.68. The number of nitrogens with zero attached hydrogens (tertiary/aromatic N) is 2. The van der Waals surface area contributed by atoms with E-state index in [0.29, 0.717) is 48.4 Å². The van der Waals surface area contributed by atoms with Crippen LogP contribution in [-0.2, 0) is 16.0 Å². The van der Waals surface area contributed by atoms with Gasteiger partial charge in [0.05, 0.1) is 11.8 Å². The summed E-state index contributed by atoms with van der Waals surface area (Å²) in [7, 11) is 0. The number of benzene rings is 2. The summed E-state index contributed by atoms with van der Waals surface area (Å²) in [6.07, 6.45) is 2.33. The molecule has 35 heavy (non-hydrogen) atoms. The van der Waals surface area contributed by atoms with Crippen LogP contribution in [-0.4, -0.2) is 48.0 Å². The standard InChI is InChI=1S/C28H35N3O4/c1-5-31(6-2)17-18-34-28(33)23-11-13-24(14-12-23)30-26(32)15-16-27-29-19-25(35-27)22-9-7-21(8-10-22)20(3)4/h7-14,19-20H,5-6,15-18H2,1-4H3,(H,30,32). The van der Waals surface area contributed by atoms with E-state index in [-0.39, 0.29) is 18.3 Å². The summed E-state index contributed by atoms with van der Waals surface area (Å²) in [5.74, 6) is 1.16. The van der Waals surface area contributed by atoms with Crippen LogP contribution in [0.2, 0.25) is 0 Å². The maximum absolute atomic E-state index is 12.4. The van der Waals surface area contributed by atoms with Gasteiger partial charge < -0.3 is 19.4 Å². The lowest BCUT2D eigenvalue weighted by molar-refractivity contribution is -0.116. The van der Waals surface area contributed by atoms with Crippen LogP contribution in [0.4, 0.5) is 5.69 Å². The van der Waals surface area contributed by atoms with Gasteiger partial charge in [0.25, 0.3) is 0 Å². The highest BCUT2D eigenvalue weighted by Gasteiger charge is 2.12. The normalized spacial score (nSPS) is 11.1. The highest BCUT2D eigenvalue weighted by molar-refractivity contribution is 5.93. The summed E-state index contributed by atoms with van der Waals surface area (Å²) >= 11 is 0. The summed E-state index contributed by atoms with van der Waals surface area (Å²) in [5, 5.41) is 2.84. The number of anilines is 1. The first-order valence-corrected chi connectivity index (χ1v) is 12.2. The van der Waals surface area contributed by atoms with Crippen LogP contribution in [0.3, 0.4) is 0 Å². The SMILES string of the molecule is CCN(CC)CCOC(=O)c1ccc(NC(=O)CCc2ncc(-c3ccc(C(C)C)cc3)o2)cc1. The van der Waals surface area contributed by atoms with E-state index >= 15 is 0 Å². The predicted molar refractivity (Wildman–Crippen MR) is 137 cm³/mol. The fourth-order valence-electron chi connectivity index (χ4n) is 3.62. The van der Waals surface area contributed by atoms with Gasteiger partial charge in [-0.1, -0.05) is 52.0 Å². The molecule has 0 saturated carbocycles. The quantitative estimate of drug-likeness (QED) is 0.345. The van der Waals surface area contributed by atoms with Crippen molar-refractivity contribution in [1.82, 2.24) is 9.88 Å². The number of likely N-dealkylation sites (N-methyl/N-ethyl adjacent to an activating group) is 1. The first kappa shape index (κ1) is 26.2. The number of oxazole rings is 1. The number of hydrogen-bond acceptors (Lipinski definition) is 6. The number of carbonyl (C=O) groups excluding carboxylic acids is 2. The lowest BCUT2D eigenvalue weighted by atomic mass is 10.0. The van der Waals surface area contributed by atoms with Gasteiger partial charge in [0.1, 0.15) is 6.61 Å². The van der Waals surface area contributed by atoms with Gasteiger partial charge in [-0.25, -0.2) is 9.78 Å². The van der Waals surface area contributed by atoms with Crippen LogP contribution in [0.15, 0.2) is 59.1 Å². The van der Waals surface area contributed by atoms with Crippen molar-refractivity contribution in [3.05, 3.63) is 71.7 Å². The maximum atomic E-state index is 12.4. The third-order valence-corrected chi connectivity index (χ3v) is 5.92. The first-order chi connectivity index (χ1) is 16.9. The van der Waals surface area contributed by atoms with Crippen LogP contribution < -0.4 is 5.32 Å². The Bertz CT molecular complexity index is 1080.